The quantitative estimate of drug-likeness (QED) is 0.749. The maximum absolute atomic E-state index is 12.7. The summed E-state index contributed by atoms with van der Waals surface area (Å²) in [4.78, 5) is 12.2. The molecule has 0 bridgehead atoms. The Kier molecular flexibility index (Phi) is 4.53. The van der Waals surface area contributed by atoms with E-state index in [1.165, 1.54) is 13.2 Å². The van der Waals surface area contributed by atoms with E-state index in [1.807, 2.05) is 13.1 Å². The number of nitrogens with one attached hydrogen (secondary N) is 1. The van der Waals surface area contributed by atoms with Crippen LogP contribution < -0.4 is 5.32 Å². The number of carbonyl (C=O) groups is 1. The molecule has 3 heterocycles. The third-order valence-corrected chi connectivity index (χ3v) is 3.65. The van der Waals surface area contributed by atoms with Crippen LogP contribution in [0.4, 0.5) is 18.9 Å². The monoisotopic (exact) mass is 367 g/mol. The van der Waals surface area contributed by atoms with Gasteiger partial charge in [0.1, 0.15) is 5.69 Å². The molecule has 0 aliphatic heterocycles. The number of nitrogens with zero attached hydrogens (tertiary/aromatic N) is 6. The first-order valence-electron chi connectivity index (χ1n) is 7.72. The average Bonchev–Trinajstić information content (AvgIpc) is 3.27. The molecule has 3 aromatic rings. The van der Waals surface area contributed by atoms with Crippen molar-refractivity contribution in [2.75, 3.05) is 5.32 Å². The van der Waals surface area contributed by atoms with Crippen LogP contribution in [0.5, 0.6) is 0 Å². The van der Waals surface area contributed by atoms with Crippen molar-refractivity contribution in [3.63, 3.8) is 0 Å². The van der Waals surface area contributed by atoms with Crippen LogP contribution >= 0.6 is 0 Å². The third-order valence-electron chi connectivity index (χ3n) is 3.65. The van der Waals surface area contributed by atoms with Gasteiger partial charge in [0.2, 0.25) is 0 Å². The standard InChI is InChI=1S/C15H16F3N7O/c1-3-24-7-10(5-19-24)8-25-9-11(6-20-25)21-14(26)12-4-13(15(16,17)18)22-23(12)2/h4-7,9H,3,8H2,1-2H3,(H,21,26). The molecule has 11 heteroatoms. The molecule has 0 unspecified atom stereocenters. The molecule has 0 fully saturated rings. The van der Waals surface area contributed by atoms with Crippen LogP contribution in [0, 0.1) is 0 Å². The summed E-state index contributed by atoms with van der Waals surface area (Å²) in [5.41, 5.74) is -0.00926. The Bertz CT molecular complexity index is 922. The molecular weight excluding hydrogens is 351 g/mol. The van der Waals surface area contributed by atoms with Crippen molar-refractivity contribution < 1.29 is 18.0 Å². The number of amides is 1. The third kappa shape index (κ3) is 3.76. The van der Waals surface area contributed by atoms with Crippen molar-refractivity contribution >= 4 is 11.6 Å². The van der Waals surface area contributed by atoms with Gasteiger partial charge in [-0.2, -0.15) is 28.5 Å². The summed E-state index contributed by atoms with van der Waals surface area (Å²) < 4.78 is 42.3. The SMILES string of the molecule is CCn1cc(Cn2cc(NC(=O)c3cc(C(F)(F)F)nn3C)cn2)cn1. The summed E-state index contributed by atoms with van der Waals surface area (Å²) in [5.74, 6) is -0.700. The highest BCUT2D eigenvalue weighted by atomic mass is 19.4. The molecule has 8 nitrogen and oxygen atoms in total. The van der Waals surface area contributed by atoms with Crippen molar-refractivity contribution in [1.82, 2.24) is 29.3 Å². The second-order valence-electron chi connectivity index (χ2n) is 5.62. The Balaban J connectivity index is 1.69. The van der Waals surface area contributed by atoms with Crippen molar-refractivity contribution in [3.8, 4) is 0 Å². The predicted octanol–water partition coefficient (Wildman–Crippen LogP) is 2.15. The lowest BCUT2D eigenvalue weighted by Crippen LogP contribution is -2.15. The molecule has 0 saturated carbocycles. The Labute approximate surface area is 146 Å². The summed E-state index contributed by atoms with van der Waals surface area (Å²) in [6.45, 7) is 3.19. The zero-order valence-electron chi connectivity index (χ0n) is 14.0. The van der Waals surface area contributed by atoms with Gasteiger partial charge in [-0.05, 0) is 6.92 Å². The van der Waals surface area contributed by atoms with Gasteiger partial charge < -0.3 is 5.32 Å². The van der Waals surface area contributed by atoms with Gasteiger partial charge >= 0.3 is 6.18 Å². The molecule has 3 rings (SSSR count). The highest BCUT2D eigenvalue weighted by Crippen LogP contribution is 2.28. The highest BCUT2D eigenvalue weighted by Gasteiger charge is 2.35. The molecular formula is C15H16F3N7O. The van der Waals surface area contributed by atoms with Gasteiger partial charge in [-0.1, -0.05) is 0 Å². The largest absolute Gasteiger partial charge is 0.435 e. The lowest BCUT2D eigenvalue weighted by molar-refractivity contribution is -0.141. The number of aryl methyl sites for hydroxylation is 2. The lowest BCUT2D eigenvalue weighted by Gasteiger charge is -2.02. The molecule has 0 atom stereocenters. The van der Waals surface area contributed by atoms with Gasteiger partial charge in [-0.3, -0.25) is 18.8 Å². The summed E-state index contributed by atoms with van der Waals surface area (Å²) in [7, 11) is 1.28. The summed E-state index contributed by atoms with van der Waals surface area (Å²) in [6.07, 6.45) is 2.00. The van der Waals surface area contributed by atoms with Crippen molar-refractivity contribution in [2.24, 2.45) is 7.05 Å². The molecule has 0 aromatic carbocycles. The van der Waals surface area contributed by atoms with E-state index in [9.17, 15) is 18.0 Å². The smallest absolute Gasteiger partial charge is 0.318 e. The molecule has 1 N–H and O–H groups in total. The Hall–Kier alpha value is -3.11. The minimum absolute atomic E-state index is 0.200. The number of aromatic nitrogens is 6. The number of hydrogen-bond acceptors (Lipinski definition) is 4. The summed E-state index contributed by atoms with van der Waals surface area (Å²) in [5, 5.41) is 14.1. The maximum Gasteiger partial charge on any atom is 0.435 e. The molecule has 0 aliphatic rings. The van der Waals surface area contributed by atoms with Crippen LogP contribution in [0.25, 0.3) is 0 Å². The summed E-state index contributed by atoms with van der Waals surface area (Å²) in [6, 6.07) is 0.707. The van der Waals surface area contributed by atoms with Crippen LogP contribution in [-0.4, -0.2) is 35.2 Å². The molecule has 3 aromatic heterocycles. The van der Waals surface area contributed by atoms with Gasteiger partial charge in [-0.15, -0.1) is 0 Å². The van der Waals surface area contributed by atoms with Gasteiger partial charge in [0.15, 0.2) is 5.69 Å². The van der Waals surface area contributed by atoms with E-state index in [-0.39, 0.29) is 5.69 Å². The number of alkyl halides is 3. The molecule has 0 spiro atoms. The predicted molar refractivity (Wildman–Crippen MR) is 85.4 cm³/mol. The second-order valence-corrected chi connectivity index (χ2v) is 5.62. The first-order chi connectivity index (χ1) is 12.3. The molecule has 0 aliphatic carbocycles. The van der Waals surface area contributed by atoms with Gasteiger partial charge in [0, 0.05) is 37.6 Å². The zero-order valence-corrected chi connectivity index (χ0v) is 14.0. The normalized spacial score (nSPS) is 11.7. The van der Waals surface area contributed by atoms with E-state index in [0.717, 1.165) is 16.8 Å². The first kappa shape index (κ1) is 17.7. The minimum Gasteiger partial charge on any atom is -0.318 e. The first-order valence-corrected chi connectivity index (χ1v) is 7.72. The summed E-state index contributed by atoms with van der Waals surface area (Å²) >= 11 is 0. The van der Waals surface area contributed by atoms with Crippen molar-refractivity contribution in [2.45, 2.75) is 26.2 Å². The zero-order chi connectivity index (χ0) is 18.9. The van der Waals surface area contributed by atoms with Crippen LogP contribution in [0.15, 0.2) is 30.9 Å². The number of anilines is 1. The topological polar surface area (TPSA) is 82.6 Å². The second kappa shape index (κ2) is 6.65. The number of carbonyl (C=O) groups excluding carboxylic acids is 1. The molecule has 138 valence electrons. The fraction of sp³-hybridized carbons (Fsp3) is 0.333. The van der Waals surface area contributed by atoms with Gasteiger partial charge in [-0.25, -0.2) is 0 Å². The fourth-order valence-electron chi connectivity index (χ4n) is 2.38. The number of halogens is 3. The number of hydrogen-bond donors (Lipinski definition) is 1. The van der Waals surface area contributed by atoms with Gasteiger partial charge in [0.25, 0.3) is 5.91 Å². The molecule has 26 heavy (non-hydrogen) atoms. The van der Waals surface area contributed by atoms with Crippen LogP contribution in [0.1, 0.15) is 28.7 Å². The van der Waals surface area contributed by atoms with E-state index in [1.54, 1.807) is 21.8 Å². The van der Waals surface area contributed by atoms with Crippen LogP contribution in [0.3, 0.4) is 0 Å². The Morgan fingerprint density at radius 1 is 1.19 bits per heavy atom. The van der Waals surface area contributed by atoms with Crippen LogP contribution in [0.2, 0.25) is 0 Å². The van der Waals surface area contributed by atoms with Crippen LogP contribution in [-0.2, 0) is 26.3 Å². The number of rotatable bonds is 5. The Morgan fingerprint density at radius 2 is 1.92 bits per heavy atom. The molecule has 0 saturated heterocycles. The van der Waals surface area contributed by atoms with E-state index in [2.05, 4.69) is 20.6 Å². The molecule has 1 amide bonds. The maximum atomic E-state index is 12.7. The lowest BCUT2D eigenvalue weighted by atomic mass is 10.3. The van der Waals surface area contributed by atoms with E-state index in [4.69, 9.17) is 0 Å². The average molecular weight is 367 g/mol. The molecule has 0 radical (unpaired) electrons. The minimum atomic E-state index is -4.61. The van der Waals surface area contributed by atoms with E-state index in [0.29, 0.717) is 18.3 Å². The van der Waals surface area contributed by atoms with Crippen molar-refractivity contribution in [3.05, 3.63) is 47.8 Å². The highest BCUT2D eigenvalue weighted by molar-refractivity contribution is 6.03. The van der Waals surface area contributed by atoms with Gasteiger partial charge in [0.05, 0.1) is 24.6 Å². The Morgan fingerprint density at radius 3 is 2.54 bits per heavy atom. The van der Waals surface area contributed by atoms with E-state index < -0.39 is 17.8 Å². The van der Waals surface area contributed by atoms with Crippen molar-refractivity contribution in [1.29, 1.82) is 0 Å². The fourth-order valence-corrected chi connectivity index (χ4v) is 2.38. The van der Waals surface area contributed by atoms with E-state index >= 15 is 0 Å².